The number of nitrogens with zero attached hydrogens (tertiary/aromatic N) is 5. The molecule has 5 nitrogen and oxygen atoms in total. The first kappa shape index (κ1) is 29.2. The second-order valence-electron chi connectivity index (χ2n) is 11.8. The van der Waals surface area contributed by atoms with E-state index in [2.05, 4.69) is 82.4 Å². The second kappa shape index (κ2) is 12.2. The van der Waals surface area contributed by atoms with Crippen LogP contribution in [0.1, 0.15) is 16.7 Å². The van der Waals surface area contributed by atoms with Crippen molar-refractivity contribution < 1.29 is 0 Å². The van der Waals surface area contributed by atoms with E-state index < -0.39 is 0 Å². The van der Waals surface area contributed by atoms with Gasteiger partial charge >= 0.3 is 0 Å². The zero-order valence-electron chi connectivity index (χ0n) is 26.2. The first-order chi connectivity index (χ1) is 24.1. The summed E-state index contributed by atoms with van der Waals surface area (Å²) < 4.78 is 2.30. The van der Waals surface area contributed by atoms with Crippen LogP contribution in [0.25, 0.3) is 72.0 Å². The summed E-state index contributed by atoms with van der Waals surface area (Å²) in [7, 11) is 0. The third-order valence-electron chi connectivity index (χ3n) is 9.03. The third-order valence-corrected chi connectivity index (χ3v) is 9.03. The SMILES string of the molecule is N#Cc1ccc(-c2ccc3c(c2)c2cc(-c4ccc(C#N)cc4)ccc2n3-c2cc(-c3ccncc3)c(C#N)cc2-c2ccccc2)cc1. The molecule has 0 bridgehead atoms. The first-order valence-corrected chi connectivity index (χ1v) is 15.8. The molecule has 0 N–H and O–H groups in total. The highest BCUT2D eigenvalue weighted by molar-refractivity contribution is 6.12. The van der Waals surface area contributed by atoms with Crippen LogP contribution < -0.4 is 0 Å². The molecule has 0 aliphatic rings. The zero-order chi connectivity index (χ0) is 33.3. The number of pyridine rings is 1. The number of nitriles is 3. The lowest BCUT2D eigenvalue weighted by atomic mass is 9.94. The molecular weight excluding hydrogens is 599 g/mol. The molecule has 8 rings (SSSR count). The number of rotatable bonds is 5. The van der Waals surface area contributed by atoms with Crippen LogP contribution in [-0.2, 0) is 0 Å². The first-order valence-electron chi connectivity index (χ1n) is 15.8. The van der Waals surface area contributed by atoms with Gasteiger partial charge < -0.3 is 4.57 Å². The third kappa shape index (κ3) is 5.17. The second-order valence-corrected chi connectivity index (χ2v) is 11.8. The Kier molecular flexibility index (Phi) is 7.24. The highest BCUT2D eigenvalue weighted by Crippen LogP contribution is 2.41. The van der Waals surface area contributed by atoms with Gasteiger partial charge in [0.1, 0.15) is 0 Å². The molecule has 0 spiro atoms. The maximum absolute atomic E-state index is 10.4. The van der Waals surface area contributed by atoms with E-state index in [1.165, 1.54) is 0 Å². The van der Waals surface area contributed by atoms with Crippen molar-refractivity contribution >= 4 is 21.8 Å². The van der Waals surface area contributed by atoms with Gasteiger partial charge in [0.25, 0.3) is 0 Å². The van der Waals surface area contributed by atoms with E-state index in [0.717, 1.165) is 72.0 Å². The van der Waals surface area contributed by atoms with Gasteiger partial charge in [-0.05, 0) is 106 Å². The van der Waals surface area contributed by atoms with Gasteiger partial charge in [-0.25, -0.2) is 0 Å². The van der Waals surface area contributed by atoms with E-state index in [-0.39, 0.29) is 0 Å². The minimum absolute atomic E-state index is 0.584. The molecule has 0 amide bonds. The Bertz CT molecular complexity index is 2540. The molecule has 0 unspecified atom stereocenters. The van der Waals surface area contributed by atoms with Gasteiger partial charge in [-0.2, -0.15) is 15.8 Å². The van der Waals surface area contributed by atoms with Crippen molar-refractivity contribution in [3.63, 3.8) is 0 Å². The van der Waals surface area contributed by atoms with Gasteiger partial charge in [0.2, 0.25) is 0 Å². The molecule has 0 aliphatic carbocycles. The molecule has 49 heavy (non-hydrogen) atoms. The van der Waals surface area contributed by atoms with E-state index in [0.29, 0.717) is 16.7 Å². The summed E-state index contributed by atoms with van der Waals surface area (Å²) in [5.41, 5.74) is 12.6. The van der Waals surface area contributed by atoms with Crippen LogP contribution in [0, 0.1) is 34.0 Å². The lowest BCUT2D eigenvalue weighted by molar-refractivity contribution is 1.18. The largest absolute Gasteiger partial charge is 0.309 e. The average molecular weight is 624 g/mol. The number of hydrogen-bond donors (Lipinski definition) is 0. The molecule has 0 saturated heterocycles. The Labute approximate surface area is 283 Å². The quantitative estimate of drug-likeness (QED) is 0.191. The van der Waals surface area contributed by atoms with Crippen molar-refractivity contribution in [1.29, 1.82) is 15.8 Å². The van der Waals surface area contributed by atoms with E-state index in [1.54, 1.807) is 12.4 Å². The van der Waals surface area contributed by atoms with Crippen molar-refractivity contribution in [1.82, 2.24) is 9.55 Å². The highest BCUT2D eigenvalue weighted by atomic mass is 15.0. The molecule has 8 aromatic rings. The van der Waals surface area contributed by atoms with Crippen molar-refractivity contribution in [3.05, 3.63) is 169 Å². The van der Waals surface area contributed by atoms with Gasteiger partial charge in [0.05, 0.1) is 51.6 Å². The molecule has 2 heterocycles. The maximum Gasteiger partial charge on any atom is 0.0998 e. The van der Waals surface area contributed by atoms with Crippen molar-refractivity contribution in [2.75, 3.05) is 0 Å². The fourth-order valence-electron chi connectivity index (χ4n) is 6.60. The summed E-state index contributed by atoms with van der Waals surface area (Å²) in [6.07, 6.45) is 3.49. The van der Waals surface area contributed by atoms with Crippen LogP contribution in [0.4, 0.5) is 0 Å². The van der Waals surface area contributed by atoms with Crippen LogP contribution in [0.2, 0.25) is 0 Å². The molecular formula is C44H25N5. The summed E-state index contributed by atoms with van der Waals surface area (Å²) in [5, 5.41) is 31.2. The highest BCUT2D eigenvalue weighted by Gasteiger charge is 2.20. The predicted octanol–water partition coefficient (Wildman–Crippen LogP) is 10.5. The molecule has 0 radical (unpaired) electrons. The minimum atomic E-state index is 0.584. The van der Waals surface area contributed by atoms with Crippen molar-refractivity contribution in [2.24, 2.45) is 0 Å². The van der Waals surface area contributed by atoms with E-state index in [9.17, 15) is 15.8 Å². The standard InChI is InChI=1S/C44H25N5/c45-26-29-6-10-31(11-7-29)35-14-16-42-40(22-35)41-23-36(32-12-8-30(27-46)9-13-32)15-17-43(41)49(42)44-25-38(34-18-20-48-21-19-34)37(28-47)24-39(44)33-4-2-1-3-5-33/h1-25H. The topological polar surface area (TPSA) is 89.2 Å². The van der Waals surface area contributed by atoms with Crippen LogP contribution in [-0.4, -0.2) is 9.55 Å². The van der Waals surface area contributed by atoms with Crippen LogP contribution in [0.15, 0.2) is 152 Å². The number of hydrogen-bond acceptors (Lipinski definition) is 4. The number of aromatic nitrogens is 2. The maximum atomic E-state index is 10.4. The van der Waals surface area contributed by atoms with E-state index in [4.69, 9.17) is 0 Å². The summed E-state index contributed by atoms with van der Waals surface area (Å²) in [4.78, 5) is 4.21. The normalized spacial score (nSPS) is 10.8. The Morgan fingerprint density at radius 1 is 0.429 bits per heavy atom. The molecule has 0 aliphatic heterocycles. The molecule has 5 heteroatoms. The Morgan fingerprint density at radius 3 is 1.45 bits per heavy atom. The fourth-order valence-corrected chi connectivity index (χ4v) is 6.60. The smallest absolute Gasteiger partial charge is 0.0998 e. The Balaban J connectivity index is 1.45. The monoisotopic (exact) mass is 623 g/mol. The average Bonchev–Trinajstić information content (AvgIpc) is 3.51. The summed E-state index contributed by atoms with van der Waals surface area (Å²) >= 11 is 0. The minimum Gasteiger partial charge on any atom is -0.309 e. The number of benzene rings is 6. The Morgan fingerprint density at radius 2 is 0.939 bits per heavy atom. The van der Waals surface area contributed by atoms with Crippen molar-refractivity contribution in [3.8, 4) is 68.4 Å². The van der Waals surface area contributed by atoms with Gasteiger partial charge in [0, 0.05) is 34.3 Å². The van der Waals surface area contributed by atoms with Crippen molar-refractivity contribution in [2.45, 2.75) is 0 Å². The zero-order valence-corrected chi connectivity index (χ0v) is 26.2. The lowest BCUT2D eigenvalue weighted by Crippen LogP contribution is -2.00. The summed E-state index contributed by atoms with van der Waals surface area (Å²) in [5.74, 6) is 0. The lowest BCUT2D eigenvalue weighted by Gasteiger charge is -2.18. The number of fused-ring (bicyclic) bond motifs is 3. The van der Waals surface area contributed by atoms with Crippen LogP contribution in [0.3, 0.4) is 0 Å². The van der Waals surface area contributed by atoms with Crippen LogP contribution >= 0.6 is 0 Å². The molecule has 6 aromatic carbocycles. The summed E-state index contributed by atoms with van der Waals surface area (Å²) in [6.45, 7) is 0. The Hall–Kier alpha value is -7.26. The summed E-state index contributed by atoms with van der Waals surface area (Å²) in [6, 6.07) is 53.3. The molecule has 0 atom stereocenters. The fraction of sp³-hybridized carbons (Fsp3) is 0. The van der Waals surface area contributed by atoms with E-state index >= 15 is 0 Å². The van der Waals surface area contributed by atoms with Gasteiger partial charge in [-0.15, -0.1) is 0 Å². The van der Waals surface area contributed by atoms with Gasteiger partial charge in [-0.1, -0.05) is 66.7 Å². The van der Waals surface area contributed by atoms with Gasteiger partial charge in [-0.3, -0.25) is 4.98 Å². The van der Waals surface area contributed by atoms with Gasteiger partial charge in [0.15, 0.2) is 0 Å². The van der Waals surface area contributed by atoms with Crippen LogP contribution in [0.5, 0.6) is 0 Å². The molecule has 226 valence electrons. The van der Waals surface area contributed by atoms with E-state index in [1.807, 2.05) is 84.9 Å². The molecule has 0 saturated carbocycles. The molecule has 2 aromatic heterocycles. The predicted molar refractivity (Wildman–Crippen MR) is 194 cm³/mol. The molecule has 0 fully saturated rings.